The third-order valence-corrected chi connectivity index (χ3v) is 6.85. The number of piperidine rings is 1. The molecule has 2 heterocycles. The molecule has 1 amide bonds. The lowest BCUT2D eigenvalue weighted by Gasteiger charge is -2.32. The van der Waals surface area contributed by atoms with Crippen LogP contribution in [0, 0.1) is 11.7 Å². The molecule has 174 valence electrons. The molecule has 5 rings (SSSR count). The minimum absolute atomic E-state index is 0.0527. The first-order chi connectivity index (χ1) is 16.6. The van der Waals surface area contributed by atoms with Crippen molar-refractivity contribution in [2.24, 2.45) is 5.92 Å². The van der Waals surface area contributed by atoms with Crippen LogP contribution in [0.4, 0.5) is 10.3 Å². The Bertz CT molecular complexity index is 1310. The zero-order valence-corrected chi connectivity index (χ0v) is 19.5. The average molecular weight is 477 g/mol. The predicted molar refractivity (Wildman–Crippen MR) is 133 cm³/mol. The largest absolute Gasteiger partial charge is 0.352 e. The topological polar surface area (TPSA) is 50.2 Å². The normalized spacial score (nSPS) is 14.5. The van der Waals surface area contributed by atoms with E-state index in [2.05, 4.69) is 14.8 Å². The van der Waals surface area contributed by atoms with Gasteiger partial charge in [-0.3, -0.25) is 4.79 Å². The molecule has 1 N–H and O–H groups in total. The fraction of sp³-hybridized carbons (Fsp3) is 0.259. The molecule has 1 saturated heterocycles. The third kappa shape index (κ3) is 4.64. The smallest absolute Gasteiger partial charge is 0.223 e. The van der Waals surface area contributed by atoms with Gasteiger partial charge in [-0.1, -0.05) is 60.1 Å². The molecule has 5 nitrogen and oxygen atoms in total. The van der Waals surface area contributed by atoms with E-state index in [1.807, 2.05) is 60.7 Å². The van der Waals surface area contributed by atoms with Gasteiger partial charge in [0.2, 0.25) is 11.9 Å². The molecule has 1 aliphatic rings. The fourth-order valence-corrected chi connectivity index (χ4v) is 4.77. The van der Waals surface area contributed by atoms with Crippen molar-refractivity contribution in [3.8, 4) is 0 Å². The molecule has 1 fully saturated rings. The van der Waals surface area contributed by atoms with Crippen molar-refractivity contribution in [1.82, 2.24) is 14.9 Å². The number of hydrogen-bond acceptors (Lipinski definition) is 3. The number of hydrogen-bond donors (Lipinski definition) is 1. The number of aromatic nitrogens is 2. The summed E-state index contributed by atoms with van der Waals surface area (Å²) in [6.07, 6.45) is 1.47. The van der Waals surface area contributed by atoms with E-state index in [-0.39, 0.29) is 17.6 Å². The van der Waals surface area contributed by atoms with Gasteiger partial charge in [0.05, 0.1) is 17.6 Å². The lowest BCUT2D eigenvalue weighted by atomic mass is 9.96. The van der Waals surface area contributed by atoms with Gasteiger partial charge in [0, 0.05) is 36.1 Å². The van der Waals surface area contributed by atoms with Crippen molar-refractivity contribution in [2.45, 2.75) is 25.9 Å². The molecule has 1 aliphatic heterocycles. The van der Waals surface area contributed by atoms with Gasteiger partial charge < -0.3 is 14.8 Å². The Balaban J connectivity index is 1.29. The number of para-hydroxylation sites is 2. The summed E-state index contributed by atoms with van der Waals surface area (Å²) >= 11 is 6.21. The summed E-state index contributed by atoms with van der Waals surface area (Å²) in [6.45, 7) is 2.26. The third-order valence-electron chi connectivity index (χ3n) is 6.48. The zero-order chi connectivity index (χ0) is 23.5. The average Bonchev–Trinajstić information content (AvgIpc) is 3.23. The molecule has 0 unspecified atom stereocenters. The quantitative estimate of drug-likeness (QED) is 0.405. The summed E-state index contributed by atoms with van der Waals surface area (Å²) in [4.78, 5) is 19.9. The molecule has 7 heteroatoms. The second kappa shape index (κ2) is 9.85. The highest BCUT2D eigenvalue weighted by molar-refractivity contribution is 6.31. The summed E-state index contributed by atoms with van der Waals surface area (Å²) in [5.74, 6) is 0.599. The number of benzene rings is 3. The Hall–Kier alpha value is -3.38. The minimum atomic E-state index is -0.222. The van der Waals surface area contributed by atoms with E-state index in [0.29, 0.717) is 36.8 Å². The summed E-state index contributed by atoms with van der Waals surface area (Å²) < 4.78 is 16.5. The minimum Gasteiger partial charge on any atom is -0.352 e. The molecular formula is C27H26ClFN4O. The SMILES string of the molecule is O=C(NCc1ccccc1Cl)C1CCN(c2nc3ccccc3n2Cc2ccccc2F)CC1. The van der Waals surface area contributed by atoms with Gasteiger partial charge in [-0.05, 0) is 42.7 Å². The maximum Gasteiger partial charge on any atom is 0.223 e. The van der Waals surface area contributed by atoms with Crippen LogP contribution in [0.25, 0.3) is 11.0 Å². The van der Waals surface area contributed by atoms with Crippen molar-refractivity contribution >= 4 is 34.5 Å². The highest BCUT2D eigenvalue weighted by Crippen LogP contribution is 2.28. The first-order valence-electron chi connectivity index (χ1n) is 11.5. The van der Waals surface area contributed by atoms with Crippen molar-refractivity contribution in [1.29, 1.82) is 0 Å². The Morgan fingerprint density at radius 1 is 0.971 bits per heavy atom. The first kappa shape index (κ1) is 22.4. The van der Waals surface area contributed by atoms with Crippen LogP contribution >= 0.6 is 11.6 Å². The number of anilines is 1. The summed E-state index contributed by atoms with van der Waals surface area (Å²) in [7, 11) is 0. The van der Waals surface area contributed by atoms with E-state index >= 15 is 0 Å². The van der Waals surface area contributed by atoms with Crippen LogP contribution in [0.1, 0.15) is 24.0 Å². The van der Waals surface area contributed by atoms with E-state index in [1.165, 1.54) is 6.07 Å². The fourth-order valence-electron chi connectivity index (χ4n) is 4.57. The molecule has 0 spiro atoms. The van der Waals surface area contributed by atoms with Crippen molar-refractivity contribution in [3.63, 3.8) is 0 Å². The number of nitrogens with one attached hydrogen (secondary N) is 1. The van der Waals surface area contributed by atoms with E-state index in [4.69, 9.17) is 16.6 Å². The van der Waals surface area contributed by atoms with Crippen LogP contribution in [0.5, 0.6) is 0 Å². The van der Waals surface area contributed by atoms with Gasteiger partial charge in [-0.2, -0.15) is 0 Å². The number of imidazole rings is 1. The second-order valence-electron chi connectivity index (χ2n) is 8.65. The number of carbonyl (C=O) groups is 1. The van der Waals surface area contributed by atoms with E-state index in [0.717, 1.165) is 35.4 Å². The van der Waals surface area contributed by atoms with Crippen LogP contribution in [0.3, 0.4) is 0 Å². The first-order valence-corrected chi connectivity index (χ1v) is 11.9. The van der Waals surface area contributed by atoms with Gasteiger partial charge >= 0.3 is 0 Å². The maximum absolute atomic E-state index is 14.4. The number of halogens is 2. The summed E-state index contributed by atoms with van der Waals surface area (Å²) in [5.41, 5.74) is 3.39. The number of amides is 1. The van der Waals surface area contributed by atoms with Gasteiger partial charge in [-0.25, -0.2) is 9.37 Å². The Labute approximate surface area is 203 Å². The van der Waals surface area contributed by atoms with Crippen LogP contribution < -0.4 is 10.2 Å². The van der Waals surface area contributed by atoms with Crippen molar-refractivity contribution in [3.05, 3.63) is 94.8 Å². The van der Waals surface area contributed by atoms with Crippen molar-refractivity contribution in [2.75, 3.05) is 18.0 Å². The molecule has 1 aromatic heterocycles. The van der Waals surface area contributed by atoms with Crippen LogP contribution in [0.15, 0.2) is 72.8 Å². The molecule has 4 aromatic rings. The Morgan fingerprint density at radius 3 is 2.41 bits per heavy atom. The Kier molecular flexibility index (Phi) is 6.50. The highest BCUT2D eigenvalue weighted by Gasteiger charge is 2.28. The number of rotatable bonds is 6. The highest BCUT2D eigenvalue weighted by atomic mass is 35.5. The molecule has 0 aliphatic carbocycles. The van der Waals surface area contributed by atoms with Crippen LogP contribution in [-0.2, 0) is 17.9 Å². The van der Waals surface area contributed by atoms with Crippen LogP contribution in [-0.4, -0.2) is 28.5 Å². The van der Waals surface area contributed by atoms with Gasteiger partial charge in [0.25, 0.3) is 0 Å². The lowest BCUT2D eigenvalue weighted by molar-refractivity contribution is -0.125. The number of carbonyl (C=O) groups excluding carboxylic acids is 1. The van der Waals surface area contributed by atoms with Crippen molar-refractivity contribution < 1.29 is 9.18 Å². The standard InChI is InChI=1S/C27H26ClFN4O/c28-22-9-3-1-7-20(22)17-30-26(34)19-13-15-32(16-14-19)27-31-24-11-5-6-12-25(24)33(27)18-21-8-2-4-10-23(21)29/h1-12,19H,13-18H2,(H,30,34). The molecule has 0 bridgehead atoms. The molecule has 0 radical (unpaired) electrons. The zero-order valence-electron chi connectivity index (χ0n) is 18.8. The van der Waals surface area contributed by atoms with Gasteiger partial charge in [0.1, 0.15) is 5.82 Å². The summed E-state index contributed by atoms with van der Waals surface area (Å²) in [6, 6.07) is 22.3. The molecule has 0 saturated carbocycles. The molecule has 3 aromatic carbocycles. The van der Waals surface area contributed by atoms with Gasteiger partial charge in [0.15, 0.2) is 0 Å². The van der Waals surface area contributed by atoms with E-state index < -0.39 is 0 Å². The second-order valence-corrected chi connectivity index (χ2v) is 9.06. The summed E-state index contributed by atoms with van der Waals surface area (Å²) in [5, 5.41) is 3.69. The number of nitrogens with zero attached hydrogens (tertiary/aromatic N) is 3. The molecular weight excluding hydrogens is 451 g/mol. The number of fused-ring (bicyclic) bond motifs is 1. The van der Waals surface area contributed by atoms with E-state index in [1.54, 1.807) is 6.07 Å². The van der Waals surface area contributed by atoms with E-state index in [9.17, 15) is 9.18 Å². The maximum atomic E-state index is 14.4. The monoisotopic (exact) mass is 476 g/mol. The van der Waals surface area contributed by atoms with Gasteiger partial charge in [-0.15, -0.1) is 0 Å². The van der Waals surface area contributed by atoms with Crippen LogP contribution in [0.2, 0.25) is 5.02 Å². The molecule has 0 atom stereocenters. The lowest BCUT2D eigenvalue weighted by Crippen LogP contribution is -2.41. The Morgan fingerprint density at radius 2 is 1.65 bits per heavy atom. The molecule has 34 heavy (non-hydrogen) atoms. The predicted octanol–water partition coefficient (Wildman–Crippen LogP) is 5.41.